The molecule has 5 nitrogen and oxygen atoms in total. The third kappa shape index (κ3) is 3.94. The third-order valence-corrected chi connectivity index (χ3v) is 5.29. The Morgan fingerprint density at radius 3 is 2.76 bits per heavy atom. The summed E-state index contributed by atoms with van der Waals surface area (Å²) in [5.41, 5.74) is 0.855. The van der Waals surface area contributed by atoms with Crippen LogP contribution in [0.5, 0.6) is 0 Å². The number of halogens is 2. The van der Waals surface area contributed by atoms with Gasteiger partial charge in [-0.05, 0) is 52.8 Å². The molecule has 1 aromatic heterocycles. The molecule has 0 saturated carbocycles. The van der Waals surface area contributed by atoms with Gasteiger partial charge in [-0.2, -0.15) is 0 Å². The van der Waals surface area contributed by atoms with E-state index < -0.39 is 10.0 Å². The summed E-state index contributed by atoms with van der Waals surface area (Å²) < 4.78 is 27.8. The molecular formula is C13H13BrClN3O2S. The van der Waals surface area contributed by atoms with E-state index in [4.69, 9.17) is 11.6 Å². The highest BCUT2D eigenvalue weighted by atomic mass is 79.9. The molecule has 0 radical (unpaired) electrons. The molecule has 1 heterocycles. The number of nitrogens with zero attached hydrogens (tertiary/aromatic N) is 1. The molecule has 0 amide bonds. The molecule has 8 heteroatoms. The molecular weight excluding hydrogens is 378 g/mol. The van der Waals surface area contributed by atoms with Crippen LogP contribution in [0.25, 0.3) is 0 Å². The molecule has 2 rings (SSSR count). The molecule has 0 aliphatic carbocycles. The number of pyridine rings is 1. The van der Waals surface area contributed by atoms with Gasteiger partial charge in [0.25, 0.3) is 10.0 Å². The second-order valence-corrected chi connectivity index (χ2v) is 7.15. The van der Waals surface area contributed by atoms with E-state index in [0.29, 0.717) is 11.0 Å². The van der Waals surface area contributed by atoms with E-state index in [1.807, 2.05) is 6.07 Å². The van der Waals surface area contributed by atoms with Gasteiger partial charge in [-0.15, -0.1) is 0 Å². The maximum atomic E-state index is 12.5. The van der Waals surface area contributed by atoms with Crippen molar-refractivity contribution in [2.75, 3.05) is 11.8 Å². The maximum absolute atomic E-state index is 12.5. The molecule has 2 N–H and O–H groups in total. The number of rotatable bonds is 5. The van der Waals surface area contributed by atoms with Crippen molar-refractivity contribution in [3.63, 3.8) is 0 Å². The average molecular weight is 391 g/mol. The smallest absolute Gasteiger partial charge is 0.264 e. The van der Waals surface area contributed by atoms with E-state index in [1.54, 1.807) is 31.3 Å². The van der Waals surface area contributed by atoms with Crippen molar-refractivity contribution in [2.24, 2.45) is 0 Å². The maximum Gasteiger partial charge on any atom is 0.264 e. The summed E-state index contributed by atoms with van der Waals surface area (Å²) in [5.74, 6) is 0.102. The first-order valence-corrected chi connectivity index (χ1v) is 8.66. The molecule has 21 heavy (non-hydrogen) atoms. The number of sulfonamides is 1. The van der Waals surface area contributed by atoms with Crippen molar-refractivity contribution in [1.29, 1.82) is 0 Å². The standard InChI is InChI=1S/C13H13BrClN3O2S/c1-16-8-9-4-5-10(14)12(7-9)21(19,20)18-13-11(15)3-2-6-17-13/h2-7,16H,8H2,1H3,(H,17,18). The number of benzene rings is 1. The van der Waals surface area contributed by atoms with Crippen LogP contribution >= 0.6 is 27.5 Å². The Bertz CT molecular complexity index is 753. The molecule has 2 aromatic rings. The number of anilines is 1. The average Bonchev–Trinajstić information content (AvgIpc) is 2.43. The quantitative estimate of drug-likeness (QED) is 0.823. The number of aromatic nitrogens is 1. The lowest BCUT2D eigenvalue weighted by atomic mass is 10.2. The van der Waals surface area contributed by atoms with E-state index >= 15 is 0 Å². The van der Waals surface area contributed by atoms with E-state index in [9.17, 15) is 8.42 Å². The van der Waals surface area contributed by atoms with Crippen LogP contribution in [0.4, 0.5) is 5.82 Å². The summed E-state index contributed by atoms with van der Waals surface area (Å²) in [6.07, 6.45) is 1.47. The summed E-state index contributed by atoms with van der Waals surface area (Å²) in [4.78, 5) is 4.06. The lowest BCUT2D eigenvalue weighted by molar-refractivity contribution is 0.600. The zero-order valence-electron chi connectivity index (χ0n) is 11.1. The molecule has 0 aliphatic rings. The second-order valence-electron chi connectivity index (χ2n) is 4.23. The van der Waals surface area contributed by atoms with Crippen LogP contribution in [0.2, 0.25) is 5.02 Å². The molecule has 0 saturated heterocycles. The molecule has 0 unspecified atom stereocenters. The Morgan fingerprint density at radius 2 is 2.10 bits per heavy atom. The zero-order valence-corrected chi connectivity index (χ0v) is 14.3. The monoisotopic (exact) mass is 389 g/mol. The second kappa shape index (κ2) is 6.74. The van der Waals surface area contributed by atoms with Gasteiger partial charge in [-0.1, -0.05) is 17.7 Å². The number of hydrogen-bond acceptors (Lipinski definition) is 4. The Morgan fingerprint density at radius 1 is 1.33 bits per heavy atom. The van der Waals surface area contributed by atoms with Gasteiger partial charge in [-0.3, -0.25) is 4.72 Å². The first-order valence-electron chi connectivity index (χ1n) is 6.00. The van der Waals surface area contributed by atoms with Crippen LogP contribution < -0.4 is 10.0 Å². The summed E-state index contributed by atoms with van der Waals surface area (Å²) in [6.45, 7) is 0.570. The van der Waals surface area contributed by atoms with Gasteiger partial charge >= 0.3 is 0 Å². The fourth-order valence-corrected chi connectivity index (χ4v) is 3.98. The Kier molecular flexibility index (Phi) is 5.21. The lowest BCUT2D eigenvalue weighted by Crippen LogP contribution is -2.15. The van der Waals surface area contributed by atoms with Gasteiger partial charge in [0.2, 0.25) is 0 Å². The van der Waals surface area contributed by atoms with Crippen molar-refractivity contribution < 1.29 is 8.42 Å². The van der Waals surface area contributed by atoms with E-state index in [1.165, 1.54) is 6.20 Å². The highest BCUT2D eigenvalue weighted by Crippen LogP contribution is 2.27. The Hall–Kier alpha value is -1.15. The van der Waals surface area contributed by atoms with Crippen LogP contribution in [0.3, 0.4) is 0 Å². The van der Waals surface area contributed by atoms with E-state index in [2.05, 4.69) is 31.0 Å². The molecule has 112 valence electrons. The predicted octanol–water partition coefficient (Wildman–Crippen LogP) is 3.02. The minimum Gasteiger partial charge on any atom is -0.316 e. The third-order valence-electron chi connectivity index (χ3n) is 2.66. The molecule has 1 aromatic carbocycles. The minimum atomic E-state index is -3.78. The van der Waals surface area contributed by atoms with E-state index in [0.717, 1.165) is 5.56 Å². The molecule has 0 aliphatic heterocycles. The zero-order chi connectivity index (χ0) is 15.5. The topological polar surface area (TPSA) is 71.1 Å². The van der Waals surface area contributed by atoms with Crippen LogP contribution in [0.1, 0.15) is 5.56 Å². The summed E-state index contributed by atoms with van der Waals surface area (Å²) in [6, 6.07) is 8.33. The van der Waals surface area contributed by atoms with E-state index in [-0.39, 0.29) is 15.7 Å². The first kappa shape index (κ1) is 16.2. The van der Waals surface area contributed by atoms with Gasteiger partial charge in [0.1, 0.15) is 4.90 Å². The van der Waals surface area contributed by atoms with Gasteiger partial charge in [0, 0.05) is 17.2 Å². The van der Waals surface area contributed by atoms with Crippen molar-refractivity contribution >= 4 is 43.4 Å². The summed E-state index contributed by atoms with van der Waals surface area (Å²) >= 11 is 9.18. The van der Waals surface area contributed by atoms with Crippen molar-refractivity contribution in [1.82, 2.24) is 10.3 Å². The van der Waals surface area contributed by atoms with Crippen LogP contribution in [0, 0.1) is 0 Å². The van der Waals surface area contributed by atoms with Crippen molar-refractivity contribution in [2.45, 2.75) is 11.4 Å². The molecule has 0 bridgehead atoms. The Labute approximate surface area is 136 Å². The Balaban J connectivity index is 2.40. The van der Waals surface area contributed by atoms with Crippen LogP contribution in [-0.2, 0) is 16.6 Å². The van der Waals surface area contributed by atoms with Crippen molar-refractivity contribution in [3.05, 3.63) is 51.6 Å². The first-order chi connectivity index (χ1) is 9.94. The normalized spacial score (nSPS) is 11.4. The molecule has 0 spiro atoms. The summed E-state index contributed by atoms with van der Waals surface area (Å²) in [7, 11) is -1.99. The van der Waals surface area contributed by atoms with Crippen LogP contribution in [0.15, 0.2) is 45.9 Å². The predicted molar refractivity (Wildman–Crippen MR) is 87.0 cm³/mol. The fourth-order valence-electron chi connectivity index (χ4n) is 1.71. The van der Waals surface area contributed by atoms with Gasteiger partial charge in [0.15, 0.2) is 5.82 Å². The van der Waals surface area contributed by atoms with Crippen molar-refractivity contribution in [3.8, 4) is 0 Å². The number of nitrogens with one attached hydrogen (secondary N) is 2. The highest BCUT2D eigenvalue weighted by molar-refractivity contribution is 9.10. The number of hydrogen-bond donors (Lipinski definition) is 2. The fraction of sp³-hybridized carbons (Fsp3) is 0.154. The lowest BCUT2D eigenvalue weighted by Gasteiger charge is -2.11. The summed E-state index contributed by atoms with van der Waals surface area (Å²) in [5, 5.41) is 3.22. The van der Waals surface area contributed by atoms with Gasteiger partial charge < -0.3 is 5.32 Å². The molecule has 0 atom stereocenters. The SMILES string of the molecule is CNCc1ccc(Br)c(S(=O)(=O)Nc2ncccc2Cl)c1. The van der Waals surface area contributed by atoms with Crippen LogP contribution in [-0.4, -0.2) is 20.4 Å². The van der Waals surface area contributed by atoms with Gasteiger partial charge in [-0.25, -0.2) is 13.4 Å². The largest absolute Gasteiger partial charge is 0.316 e. The molecule has 0 fully saturated rings. The highest BCUT2D eigenvalue weighted by Gasteiger charge is 2.20. The van der Waals surface area contributed by atoms with Gasteiger partial charge in [0.05, 0.1) is 5.02 Å². The minimum absolute atomic E-state index is 0.102.